The number of nitrogens with one attached hydrogen (secondary N) is 1. The van der Waals surface area contributed by atoms with Gasteiger partial charge in [-0.15, -0.1) is 0 Å². The molecule has 1 aromatic carbocycles. The number of nitro benzene ring substituents is 1. The maximum absolute atomic E-state index is 12.2. The molecular weight excluding hydrogens is 322 g/mol. The molecule has 1 aromatic rings. The molecule has 8 nitrogen and oxygen atoms in total. The maximum atomic E-state index is 12.2. The quantitative estimate of drug-likeness (QED) is 0.618. The number of nitro groups is 1. The van der Waals surface area contributed by atoms with Gasteiger partial charge in [0.2, 0.25) is 5.91 Å². The van der Waals surface area contributed by atoms with Crippen LogP contribution in [0.1, 0.15) is 6.42 Å². The summed E-state index contributed by atoms with van der Waals surface area (Å²) in [5.74, 6) is 0.225. The second-order valence-corrected chi connectivity index (χ2v) is 6.46. The zero-order chi connectivity index (χ0) is 17.6. The lowest BCUT2D eigenvalue weighted by molar-refractivity contribution is -0.384. The number of carbonyl (C=O) groups excluding carboxylic acids is 1. The van der Waals surface area contributed by atoms with E-state index < -0.39 is 0 Å². The number of piperazine rings is 2. The molecule has 0 spiro atoms. The van der Waals surface area contributed by atoms with Crippen LogP contribution >= 0.6 is 0 Å². The summed E-state index contributed by atoms with van der Waals surface area (Å²) >= 11 is 0. The predicted molar refractivity (Wildman–Crippen MR) is 95.8 cm³/mol. The van der Waals surface area contributed by atoms with E-state index in [0.29, 0.717) is 12.1 Å². The number of rotatable bonds is 5. The normalized spacial score (nSPS) is 19.0. The lowest BCUT2D eigenvalue weighted by Crippen LogP contribution is -2.49. The molecular formula is C17H25N5O3. The molecule has 2 fully saturated rings. The highest BCUT2D eigenvalue weighted by molar-refractivity contribution is 5.76. The van der Waals surface area contributed by atoms with E-state index in [1.54, 1.807) is 12.1 Å². The first-order valence-electron chi connectivity index (χ1n) is 8.84. The van der Waals surface area contributed by atoms with E-state index in [2.05, 4.69) is 15.1 Å². The van der Waals surface area contributed by atoms with Crippen molar-refractivity contribution in [2.75, 3.05) is 63.8 Å². The van der Waals surface area contributed by atoms with Crippen LogP contribution in [0, 0.1) is 10.1 Å². The van der Waals surface area contributed by atoms with Crippen LogP contribution in [0.4, 0.5) is 11.4 Å². The molecule has 0 saturated carbocycles. The third-order valence-corrected chi connectivity index (χ3v) is 4.90. The maximum Gasteiger partial charge on any atom is 0.292 e. The molecule has 2 heterocycles. The van der Waals surface area contributed by atoms with Gasteiger partial charge in [-0.1, -0.05) is 12.1 Å². The van der Waals surface area contributed by atoms with E-state index in [0.717, 1.165) is 58.9 Å². The van der Waals surface area contributed by atoms with Crippen molar-refractivity contribution in [1.29, 1.82) is 0 Å². The van der Waals surface area contributed by atoms with Gasteiger partial charge < -0.3 is 15.1 Å². The fourth-order valence-electron chi connectivity index (χ4n) is 3.42. The predicted octanol–water partition coefficient (Wildman–Crippen LogP) is 0.539. The van der Waals surface area contributed by atoms with E-state index in [9.17, 15) is 14.9 Å². The molecule has 3 rings (SSSR count). The Morgan fingerprint density at radius 3 is 2.44 bits per heavy atom. The van der Waals surface area contributed by atoms with Gasteiger partial charge in [0.25, 0.3) is 5.69 Å². The first kappa shape index (κ1) is 17.6. The van der Waals surface area contributed by atoms with Gasteiger partial charge in [0.05, 0.1) is 4.92 Å². The first-order valence-corrected chi connectivity index (χ1v) is 8.84. The Bertz CT molecular complexity index is 610. The molecule has 0 unspecified atom stereocenters. The first-order chi connectivity index (χ1) is 12.1. The zero-order valence-corrected chi connectivity index (χ0v) is 14.4. The molecule has 0 bridgehead atoms. The minimum Gasteiger partial charge on any atom is -0.363 e. The lowest BCUT2D eigenvalue weighted by Gasteiger charge is -2.36. The molecule has 8 heteroatoms. The van der Waals surface area contributed by atoms with Crippen LogP contribution < -0.4 is 10.2 Å². The third kappa shape index (κ3) is 4.46. The summed E-state index contributed by atoms with van der Waals surface area (Å²) < 4.78 is 0. The summed E-state index contributed by atoms with van der Waals surface area (Å²) in [5.41, 5.74) is 0.842. The highest BCUT2D eigenvalue weighted by Gasteiger charge is 2.24. The van der Waals surface area contributed by atoms with E-state index in [-0.39, 0.29) is 16.5 Å². The number of amides is 1. The summed E-state index contributed by atoms with van der Waals surface area (Å²) in [4.78, 5) is 29.3. The van der Waals surface area contributed by atoms with Crippen LogP contribution in [-0.4, -0.2) is 79.5 Å². The van der Waals surface area contributed by atoms with Crippen LogP contribution in [0.15, 0.2) is 24.3 Å². The zero-order valence-electron chi connectivity index (χ0n) is 14.4. The van der Waals surface area contributed by atoms with Crippen molar-refractivity contribution in [2.45, 2.75) is 6.42 Å². The van der Waals surface area contributed by atoms with Crippen LogP contribution in [0.3, 0.4) is 0 Å². The number of hydrogen-bond acceptors (Lipinski definition) is 6. The Kier molecular flexibility index (Phi) is 5.83. The fraction of sp³-hybridized carbons (Fsp3) is 0.588. The summed E-state index contributed by atoms with van der Waals surface area (Å²) in [6, 6.07) is 6.88. The SMILES string of the molecule is O=C(CCN1CCN(c2ccccc2[N+](=O)[O-])CC1)N1CCNCC1. The van der Waals surface area contributed by atoms with Gasteiger partial charge in [-0.2, -0.15) is 0 Å². The van der Waals surface area contributed by atoms with Crippen LogP contribution in [-0.2, 0) is 4.79 Å². The Morgan fingerprint density at radius 2 is 1.76 bits per heavy atom. The van der Waals surface area contributed by atoms with Crippen LogP contribution in [0.5, 0.6) is 0 Å². The van der Waals surface area contributed by atoms with Gasteiger partial charge in [-0.05, 0) is 6.07 Å². The number of carbonyl (C=O) groups is 1. The summed E-state index contributed by atoms with van der Waals surface area (Å²) in [7, 11) is 0. The van der Waals surface area contributed by atoms with Gasteiger partial charge in [0.15, 0.2) is 0 Å². The molecule has 2 aliphatic rings. The van der Waals surface area contributed by atoms with Crippen molar-refractivity contribution in [2.24, 2.45) is 0 Å². The van der Waals surface area contributed by atoms with Gasteiger partial charge in [-0.25, -0.2) is 0 Å². The Balaban J connectivity index is 1.47. The average Bonchev–Trinajstić information content (AvgIpc) is 2.67. The molecule has 1 N–H and O–H groups in total. The summed E-state index contributed by atoms with van der Waals surface area (Å²) in [5, 5.41) is 14.4. The molecule has 2 saturated heterocycles. The van der Waals surface area contributed by atoms with E-state index in [1.807, 2.05) is 17.0 Å². The number of para-hydroxylation sites is 2. The fourth-order valence-corrected chi connectivity index (χ4v) is 3.42. The highest BCUT2D eigenvalue weighted by Crippen LogP contribution is 2.28. The third-order valence-electron chi connectivity index (χ3n) is 4.90. The molecule has 25 heavy (non-hydrogen) atoms. The Hall–Kier alpha value is -2.19. The molecule has 0 aliphatic carbocycles. The van der Waals surface area contributed by atoms with Crippen molar-refractivity contribution in [3.8, 4) is 0 Å². The van der Waals surface area contributed by atoms with E-state index >= 15 is 0 Å². The standard InChI is InChI=1S/C17H25N5O3/c23-17(21-9-6-18-7-10-21)5-8-19-11-13-20(14-12-19)15-3-1-2-4-16(15)22(24)25/h1-4,18H,5-14H2. The van der Waals surface area contributed by atoms with Crippen molar-refractivity contribution in [3.05, 3.63) is 34.4 Å². The number of hydrogen-bond donors (Lipinski definition) is 1. The topological polar surface area (TPSA) is 82.0 Å². The van der Waals surface area contributed by atoms with Gasteiger partial charge in [0.1, 0.15) is 5.69 Å². The average molecular weight is 347 g/mol. The highest BCUT2D eigenvalue weighted by atomic mass is 16.6. The molecule has 0 aromatic heterocycles. The van der Waals surface area contributed by atoms with Crippen molar-refractivity contribution in [1.82, 2.24) is 15.1 Å². The van der Waals surface area contributed by atoms with Crippen molar-refractivity contribution >= 4 is 17.3 Å². The molecule has 1 amide bonds. The minimum atomic E-state index is -0.326. The molecule has 136 valence electrons. The number of anilines is 1. The summed E-state index contributed by atoms with van der Waals surface area (Å²) in [6.07, 6.45) is 0.547. The van der Waals surface area contributed by atoms with Crippen molar-refractivity contribution in [3.63, 3.8) is 0 Å². The largest absolute Gasteiger partial charge is 0.363 e. The van der Waals surface area contributed by atoms with Gasteiger partial charge >= 0.3 is 0 Å². The van der Waals surface area contributed by atoms with Gasteiger partial charge in [-0.3, -0.25) is 19.8 Å². The van der Waals surface area contributed by atoms with Crippen LogP contribution in [0.25, 0.3) is 0 Å². The summed E-state index contributed by atoms with van der Waals surface area (Å²) in [6.45, 7) is 7.23. The Labute approximate surface area is 147 Å². The van der Waals surface area contributed by atoms with Crippen molar-refractivity contribution < 1.29 is 9.72 Å². The second kappa shape index (κ2) is 8.26. The molecule has 0 radical (unpaired) electrons. The van der Waals surface area contributed by atoms with Gasteiger partial charge in [0, 0.05) is 71.4 Å². The molecule has 0 atom stereocenters. The Morgan fingerprint density at radius 1 is 1.08 bits per heavy atom. The van der Waals surface area contributed by atoms with E-state index in [1.165, 1.54) is 0 Å². The van der Waals surface area contributed by atoms with E-state index in [4.69, 9.17) is 0 Å². The van der Waals surface area contributed by atoms with Crippen LogP contribution in [0.2, 0.25) is 0 Å². The monoisotopic (exact) mass is 347 g/mol. The molecule has 2 aliphatic heterocycles. The lowest BCUT2D eigenvalue weighted by atomic mass is 10.2. The number of benzene rings is 1. The second-order valence-electron chi connectivity index (χ2n) is 6.46. The minimum absolute atomic E-state index is 0.157. The number of nitrogens with zero attached hydrogens (tertiary/aromatic N) is 4. The smallest absolute Gasteiger partial charge is 0.292 e.